The van der Waals surface area contributed by atoms with E-state index in [0.29, 0.717) is 18.8 Å². The summed E-state index contributed by atoms with van der Waals surface area (Å²) in [6.45, 7) is 5.84. The van der Waals surface area contributed by atoms with Gasteiger partial charge in [-0.15, -0.1) is 16.4 Å². The molecule has 0 saturated carbocycles. The van der Waals surface area contributed by atoms with Crippen LogP contribution in [-0.4, -0.2) is 57.5 Å². The van der Waals surface area contributed by atoms with Crippen LogP contribution in [0.4, 0.5) is 0 Å². The van der Waals surface area contributed by atoms with Gasteiger partial charge in [-0.05, 0) is 13.8 Å². The lowest BCUT2D eigenvalue weighted by atomic mass is 10.4. The standard InChI is InChI=1S/C15H23N7O2S/c1-5-16-15(21(3)7-13-10-25-11(2)18-13)17-6-12-8-22(20-19-12)9-14(23)24-4/h8,10H,5-7,9H2,1-4H3,(H,16,17). The number of thiazole rings is 1. The molecule has 10 heteroatoms. The number of aromatic nitrogens is 4. The van der Waals surface area contributed by atoms with E-state index < -0.39 is 0 Å². The second-order valence-corrected chi connectivity index (χ2v) is 6.43. The number of ether oxygens (including phenoxy) is 1. The minimum absolute atomic E-state index is 0.0381. The average Bonchev–Trinajstić information content (AvgIpc) is 3.20. The van der Waals surface area contributed by atoms with Crippen LogP contribution in [-0.2, 0) is 29.2 Å². The van der Waals surface area contributed by atoms with Crippen LogP contribution in [0, 0.1) is 6.92 Å². The molecule has 2 aromatic heterocycles. The van der Waals surface area contributed by atoms with Crippen LogP contribution in [0.15, 0.2) is 16.6 Å². The molecule has 0 aromatic carbocycles. The van der Waals surface area contributed by atoms with Crippen LogP contribution < -0.4 is 5.32 Å². The van der Waals surface area contributed by atoms with Crippen molar-refractivity contribution >= 4 is 23.3 Å². The molecule has 0 radical (unpaired) electrons. The summed E-state index contributed by atoms with van der Waals surface area (Å²) in [7, 11) is 3.30. The molecule has 0 spiro atoms. The minimum Gasteiger partial charge on any atom is -0.468 e. The number of esters is 1. The maximum Gasteiger partial charge on any atom is 0.327 e. The van der Waals surface area contributed by atoms with Crippen LogP contribution in [0.5, 0.6) is 0 Å². The van der Waals surface area contributed by atoms with Crippen LogP contribution in [0.1, 0.15) is 23.3 Å². The number of rotatable bonds is 7. The molecule has 0 fully saturated rings. The number of carbonyl (C=O) groups excluding carboxylic acids is 1. The number of methoxy groups -OCH3 is 1. The number of aliphatic imine (C=N–C) groups is 1. The fraction of sp³-hybridized carbons (Fsp3) is 0.533. The Morgan fingerprint density at radius 3 is 2.92 bits per heavy atom. The highest BCUT2D eigenvalue weighted by Crippen LogP contribution is 2.10. The number of hydrogen-bond donors (Lipinski definition) is 1. The molecule has 0 aliphatic carbocycles. The van der Waals surface area contributed by atoms with Crippen molar-refractivity contribution in [2.24, 2.45) is 4.99 Å². The van der Waals surface area contributed by atoms with Crippen LogP contribution in [0.25, 0.3) is 0 Å². The molecule has 0 atom stereocenters. The molecule has 2 heterocycles. The van der Waals surface area contributed by atoms with Gasteiger partial charge in [0.25, 0.3) is 0 Å². The summed E-state index contributed by atoms with van der Waals surface area (Å²) in [6.07, 6.45) is 1.69. The number of nitrogens with zero attached hydrogens (tertiary/aromatic N) is 6. The van der Waals surface area contributed by atoms with Gasteiger partial charge in [-0.1, -0.05) is 5.21 Å². The van der Waals surface area contributed by atoms with Gasteiger partial charge in [-0.2, -0.15) is 0 Å². The highest BCUT2D eigenvalue weighted by atomic mass is 32.1. The maximum atomic E-state index is 11.2. The van der Waals surface area contributed by atoms with E-state index in [9.17, 15) is 4.79 Å². The Kier molecular flexibility index (Phi) is 6.87. The molecule has 2 aromatic rings. The van der Waals surface area contributed by atoms with Crippen molar-refractivity contribution in [3.63, 3.8) is 0 Å². The second kappa shape index (κ2) is 9.11. The summed E-state index contributed by atoms with van der Waals surface area (Å²) in [5.41, 5.74) is 1.69. The van der Waals surface area contributed by atoms with Crippen molar-refractivity contribution < 1.29 is 9.53 Å². The third-order valence-electron chi connectivity index (χ3n) is 3.26. The van der Waals surface area contributed by atoms with Gasteiger partial charge in [-0.25, -0.2) is 14.7 Å². The highest BCUT2D eigenvalue weighted by molar-refractivity contribution is 7.09. The summed E-state index contributed by atoms with van der Waals surface area (Å²) in [4.78, 5) is 22.3. The average molecular weight is 365 g/mol. The van der Waals surface area contributed by atoms with E-state index in [1.54, 1.807) is 17.5 Å². The lowest BCUT2D eigenvalue weighted by Crippen LogP contribution is -2.38. The number of aryl methyl sites for hydroxylation is 1. The van der Waals surface area contributed by atoms with E-state index in [0.717, 1.165) is 23.2 Å². The predicted octanol–water partition coefficient (Wildman–Crippen LogP) is 0.814. The lowest BCUT2D eigenvalue weighted by molar-refractivity contribution is -0.141. The van der Waals surface area contributed by atoms with E-state index in [2.05, 4.69) is 30.3 Å². The first-order chi connectivity index (χ1) is 12.0. The SMILES string of the molecule is CCNC(=NCc1cn(CC(=O)OC)nn1)N(C)Cc1csc(C)n1. The van der Waals surface area contributed by atoms with E-state index in [1.807, 2.05) is 31.2 Å². The number of nitrogens with one attached hydrogen (secondary N) is 1. The quantitative estimate of drug-likeness (QED) is 0.440. The molecule has 136 valence electrons. The maximum absolute atomic E-state index is 11.2. The van der Waals surface area contributed by atoms with E-state index in [1.165, 1.54) is 11.8 Å². The number of carbonyl (C=O) groups is 1. The van der Waals surface area contributed by atoms with E-state index in [-0.39, 0.29) is 12.5 Å². The van der Waals surface area contributed by atoms with Crippen molar-refractivity contribution in [1.82, 2.24) is 30.2 Å². The number of guanidine groups is 1. The zero-order chi connectivity index (χ0) is 18.2. The van der Waals surface area contributed by atoms with Crippen molar-refractivity contribution in [3.05, 3.63) is 28.0 Å². The first-order valence-corrected chi connectivity index (χ1v) is 8.76. The molecule has 1 N–H and O–H groups in total. The first kappa shape index (κ1) is 18.8. The third kappa shape index (κ3) is 5.82. The molecule has 9 nitrogen and oxygen atoms in total. The summed E-state index contributed by atoms with van der Waals surface area (Å²) in [5.74, 6) is 0.391. The van der Waals surface area contributed by atoms with Gasteiger partial charge in [-0.3, -0.25) is 4.79 Å². The van der Waals surface area contributed by atoms with Gasteiger partial charge in [0.05, 0.1) is 37.1 Å². The normalized spacial score (nSPS) is 11.4. The van der Waals surface area contributed by atoms with Crippen molar-refractivity contribution in [3.8, 4) is 0 Å². The Morgan fingerprint density at radius 2 is 2.28 bits per heavy atom. The number of hydrogen-bond acceptors (Lipinski definition) is 7. The molecule has 0 unspecified atom stereocenters. The summed E-state index contributed by atoms with van der Waals surface area (Å²) < 4.78 is 6.04. The van der Waals surface area contributed by atoms with Crippen molar-refractivity contribution in [1.29, 1.82) is 0 Å². The highest BCUT2D eigenvalue weighted by Gasteiger charge is 2.10. The molecular formula is C15H23N7O2S. The van der Waals surface area contributed by atoms with Crippen LogP contribution >= 0.6 is 11.3 Å². The Bertz CT molecular complexity index is 725. The van der Waals surface area contributed by atoms with E-state index in [4.69, 9.17) is 0 Å². The monoisotopic (exact) mass is 365 g/mol. The molecule has 0 aliphatic rings. The molecule has 0 amide bonds. The molecule has 25 heavy (non-hydrogen) atoms. The molecule has 0 bridgehead atoms. The first-order valence-electron chi connectivity index (χ1n) is 7.88. The molecular weight excluding hydrogens is 342 g/mol. The van der Waals surface area contributed by atoms with Gasteiger partial charge in [0, 0.05) is 19.0 Å². The van der Waals surface area contributed by atoms with Crippen molar-refractivity contribution in [2.45, 2.75) is 33.5 Å². The van der Waals surface area contributed by atoms with E-state index >= 15 is 0 Å². The van der Waals surface area contributed by atoms with Gasteiger partial charge in [0.2, 0.25) is 0 Å². The Labute approximate surface area is 150 Å². The molecule has 0 aliphatic heterocycles. The summed E-state index contributed by atoms with van der Waals surface area (Å²) in [5, 5.41) is 14.3. The zero-order valence-electron chi connectivity index (χ0n) is 14.9. The largest absolute Gasteiger partial charge is 0.468 e. The van der Waals surface area contributed by atoms with Gasteiger partial charge >= 0.3 is 5.97 Å². The molecule has 0 saturated heterocycles. The smallest absolute Gasteiger partial charge is 0.327 e. The van der Waals surface area contributed by atoms with Crippen LogP contribution in [0.3, 0.4) is 0 Å². The Morgan fingerprint density at radius 1 is 1.48 bits per heavy atom. The third-order valence-corrected chi connectivity index (χ3v) is 4.08. The Hall–Kier alpha value is -2.49. The Balaban J connectivity index is 1.99. The molecule has 2 rings (SSSR count). The lowest BCUT2D eigenvalue weighted by Gasteiger charge is -2.20. The van der Waals surface area contributed by atoms with Gasteiger partial charge in [0.15, 0.2) is 5.96 Å². The summed E-state index contributed by atoms with van der Waals surface area (Å²) >= 11 is 1.63. The van der Waals surface area contributed by atoms with Crippen LogP contribution in [0.2, 0.25) is 0 Å². The second-order valence-electron chi connectivity index (χ2n) is 5.37. The zero-order valence-corrected chi connectivity index (χ0v) is 15.7. The van der Waals surface area contributed by atoms with Gasteiger partial charge in [0.1, 0.15) is 12.2 Å². The topological polar surface area (TPSA) is 97.5 Å². The van der Waals surface area contributed by atoms with Gasteiger partial charge < -0.3 is 15.0 Å². The minimum atomic E-state index is -0.369. The fourth-order valence-electron chi connectivity index (χ4n) is 2.11. The fourth-order valence-corrected chi connectivity index (χ4v) is 2.71. The predicted molar refractivity (Wildman–Crippen MR) is 95.2 cm³/mol. The van der Waals surface area contributed by atoms with Crippen molar-refractivity contribution in [2.75, 3.05) is 20.7 Å². The summed E-state index contributed by atoms with van der Waals surface area (Å²) in [6, 6.07) is 0.